The van der Waals surface area contributed by atoms with Crippen LogP contribution in [-0.4, -0.2) is 4.98 Å². The molecule has 13 heavy (non-hydrogen) atoms. The van der Waals surface area contributed by atoms with Gasteiger partial charge in [-0.2, -0.15) is 0 Å². The van der Waals surface area contributed by atoms with Crippen LogP contribution in [0.15, 0.2) is 18.2 Å². The van der Waals surface area contributed by atoms with Crippen molar-refractivity contribution in [2.24, 2.45) is 0 Å². The Morgan fingerprint density at radius 2 is 2.15 bits per heavy atom. The molecule has 66 valence electrons. The summed E-state index contributed by atoms with van der Waals surface area (Å²) < 4.78 is 0. The number of halogens is 2. The van der Waals surface area contributed by atoms with Gasteiger partial charge in [0.1, 0.15) is 10.3 Å². The third-order valence-electron chi connectivity index (χ3n) is 1.88. The Labute approximate surface area is 86.0 Å². The molecule has 0 unspecified atom stereocenters. The summed E-state index contributed by atoms with van der Waals surface area (Å²) in [4.78, 5) is 3.98. The summed E-state index contributed by atoms with van der Waals surface area (Å²) in [6.07, 6.45) is 8.96. The van der Waals surface area contributed by atoms with Crippen molar-refractivity contribution in [3.05, 3.63) is 39.0 Å². The quantitative estimate of drug-likeness (QED) is 0.598. The van der Waals surface area contributed by atoms with E-state index in [9.17, 15) is 0 Å². The SMILES string of the molecule is Clc1cc2c(c(Cl)n1)=CCC=CC=2. The molecule has 2 rings (SSSR count). The van der Waals surface area contributed by atoms with E-state index in [1.165, 1.54) is 0 Å². The van der Waals surface area contributed by atoms with Gasteiger partial charge in [-0.15, -0.1) is 0 Å². The first-order valence-electron chi connectivity index (χ1n) is 3.96. The van der Waals surface area contributed by atoms with Crippen molar-refractivity contribution in [3.63, 3.8) is 0 Å². The zero-order chi connectivity index (χ0) is 9.26. The van der Waals surface area contributed by atoms with Crippen LogP contribution in [0.5, 0.6) is 0 Å². The Morgan fingerprint density at radius 3 is 3.00 bits per heavy atom. The maximum atomic E-state index is 5.95. The van der Waals surface area contributed by atoms with Crippen LogP contribution in [-0.2, 0) is 0 Å². The van der Waals surface area contributed by atoms with Crippen LogP contribution in [0.4, 0.5) is 0 Å². The average molecular weight is 212 g/mol. The Morgan fingerprint density at radius 1 is 1.31 bits per heavy atom. The van der Waals surface area contributed by atoms with Gasteiger partial charge in [0.15, 0.2) is 0 Å². The zero-order valence-electron chi connectivity index (χ0n) is 6.80. The zero-order valence-corrected chi connectivity index (χ0v) is 8.31. The number of aromatic nitrogens is 1. The first-order chi connectivity index (χ1) is 6.27. The fourth-order valence-electron chi connectivity index (χ4n) is 1.29. The summed E-state index contributed by atoms with van der Waals surface area (Å²) in [6, 6.07) is 1.81. The lowest BCUT2D eigenvalue weighted by molar-refractivity contribution is 1.27. The van der Waals surface area contributed by atoms with Crippen LogP contribution in [0.25, 0.3) is 12.2 Å². The van der Waals surface area contributed by atoms with Crippen molar-refractivity contribution in [1.29, 1.82) is 0 Å². The van der Waals surface area contributed by atoms with Crippen LogP contribution < -0.4 is 10.4 Å². The summed E-state index contributed by atoms with van der Waals surface area (Å²) in [5, 5.41) is 2.90. The molecule has 1 aromatic rings. The highest BCUT2D eigenvalue weighted by atomic mass is 35.5. The third kappa shape index (κ3) is 1.77. The van der Waals surface area contributed by atoms with E-state index in [1.807, 2.05) is 24.3 Å². The summed E-state index contributed by atoms with van der Waals surface area (Å²) in [5.74, 6) is 0. The van der Waals surface area contributed by atoms with Crippen molar-refractivity contribution in [2.75, 3.05) is 0 Å². The van der Waals surface area contributed by atoms with Gasteiger partial charge in [-0.05, 0) is 17.7 Å². The molecule has 0 amide bonds. The Bertz CT molecular complexity index is 474. The van der Waals surface area contributed by atoms with E-state index in [-0.39, 0.29) is 0 Å². The molecule has 1 aliphatic rings. The second kappa shape index (κ2) is 3.52. The van der Waals surface area contributed by atoms with Gasteiger partial charge in [0, 0.05) is 5.22 Å². The van der Waals surface area contributed by atoms with E-state index >= 15 is 0 Å². The molecular weight excluding hydrogens is 205 g/mol. The maximum Gasteiger partial charge on any atom is 0.138 e. The molecule has 0 fully saturated rings. The second-order valence-electron chi connectivity index (χ2n) is 2.77. The predicted octanol–water partition coefficient (Wildman–Crippen LogP) is 1.91. The highest BCUT2D eigenvalue weighted by Gasteiger charge is 1.98. The molecule has 0 saturated heterocycles. The van der Waals surface area contributed by atoms with Gasteiger partial charge in [0.25, 0.3) is 0 Å². The topological polar surface area (TPSA) is 12.9 Å². The molecule has 0 saturated carbocycles. The molecule has 0 aliphatic heterocycles. The average Bonchev–Trinajstić information content (AvgIpc) is 2.28. The number of rotatable bonds is 0. The predicted molar refractivity (Wildman–Crippen MR) is 56.2 cm³/mol. The minimum atomic E-state index is 0.434. The smallest absolute Gasteiger partial charge is 0.138 e. The van der Waals surface area contributed by atoms with Gasteiger partial charge >= 0.3 is 0 Å². The molecule has 1 aromatic heterocycles. The molecule has 0 radical (unpaired) electrons. The first kappa shape index (κ1) is 8.79. The number of hydrogen-bond acceptors (Lipinski definition) is 1. The van der Waals surface area contributed by atoms with E-state index in [2.05, 4.69) is 11.1 Å². The monoisotopic (exact) mass is 211 g/mol. The fraction of sp³-hybridized carbons (Fsp3) is 0.100. The first-order valence-corrected chi connectivity index (χ1v) is 4.72. The van der Waals surface area contributed by atoms with Gasteiger partial charge in [0.05, 0.1) is 0 Å². The van der Waals surface area contributed by atoms with Crippen molar-refractivity contribution < 1.29 is 0 Å². The van der Waals surface area contributed by atoms with Crippen molar-refractivity contribution in [1.82, 2.24) is 4.98 Å². The van der Waals surface area contributed by atoms with Crippen molar-refractivity contribution in [2.45, 2.75) is 6.42 Å². The molecule has 1 nitrogen and oxygen atoms in total. The molecule has 0 atom stereocenters. The molecule has 1 heterocycles. The lowest BCUT2D eigenvalue weighted by Crippen LogP contribution is -2.26. The van der Waals surface area contributed by atoms with E-state index in [0.29, 0.717) is 10.3 Å². The molecular formula is C10H7Cl2N. The number of fused-ring (bicyclic) bond motifs is 1. The van der Waals surface area contributed by atoms with Crippen LogP contribution in [0.2, 0.25) is 10.3 Å². The lowest BCUT2D eigenvalue weighted by Gasteiger charge is -1.94. The molecule has 0 spiro atoms. The van der Waals surface area contributed by atoms with E-state index < -0.39 is 0 Å². The number of hydrogen-bond donors (Lipinski definition) is 0. The van der Waals surface area contributed by atoms with Crippen LogP contribution >= 0.6 is 23.2 Å². The maximum absolute atomic E-state index is 5.95. The Hall–Kier alpha value is -0.790. The van der Waals surface area contributed by atoms with Crippen LogP contribution in [0.3, 0.4) is 0 Å². The normalized spacial score (nSPS) is 14.0. The molecule has 3 heteroatoms. The number of allylic oxidation sites excluding steroid dienone is 2. The van der Waals surface area contributed by atoms with Gasteiger partial charge in [-0.3, -0.25) is 0 Å². The highest BCUT2D eigenvalue weighted by Crippen LogP contribution is 2.03. The number of nitrogens with zero attached hydrogens (tertiary/aromatic N) is 1. The summed E-state index contributed by atoms with van der Waals surface area (Å²) in [6.45, 7) is 0. The van der Waals surface area contributed by atoms with Crippen LogP contribution in [0, 0.1) is 0 Å². The second-order valence-corrected chi connectivity index (χ2v) is 3.52. The molecule has 0 aromatic carbocycles. The Kier molecular flexibility index (Phi) is 2.38. The standard InChI is InChI=1S/C10H7Cl2N/c11-9-6-7-4-2-1-3-5-8(7)10(12)13-9/h1-2,4-6H,3H2. The van der Waals surface area contributed by atoms with E-state index in [0.717, 1.165) is 16.9 Å². The van der Waals surface area contributed by atoms with Crippen molar-refractivity contribution >= 4 is 35.4 Å². The minimum absolute atomic E-state index is 0.434. The molecule has 1 aliphatic carbocycles. The minimum Gasteiger partial charge on any atom is -0.224 e. The highest BCUT2D eigenvalue weighted by molar-refractivity contribution is 6.32. The number of pyridine rings is 1. The van der Waals surface area contributed by atoms with Gasteiger partial charge in [-0.25, -0.2) is 4.98 Å². The third-order valence-corrected chi connectivity index (χ3v) is 2.36. The van der Waals surface area contributed by atoms with Gasteiger partial charge in [0.2, 0.25) is 0 Å². The van der Waals surface area contributed by atoms with Crippen LogP contribution in [0.1, 0.15) is 6.42 Å². The Balaban J connectivity index is 2.86. The molecule has 0 bridgehead atoms. The summed E-state index contributed by atoms with van der Waals surface area (Å²) in [5.41, 5.74) is 0. The van der Waals surface area contributed by atoms with Gasteiger partial charge < -0.3 is 0 Å². The molecule has 0 N–H and O–H groups in total. The van der Waals surface area contributed by atoms with E-state index in [4.69, 9.17) is 23.2 Å². The van der Waals surface area contributed by atoms with Crippen molar-refractivity contribution in [3.8, 4) is 0 Å². The van der Waals surface area contributed by atoms with E-state index in [1.54, 1.807) is 0 Å². The summed E-state index contributed by atoms with van der Waals surface area (Å²) in [7, 11) is 0. The largest absolute Gasteiger partial charge is 0.224 e. The summed E-state index contributed by atoms with van der Waals surface area (Å²) >= 11 is 11.7. The fourth-order valence-corrected chi connectivity index (χ4v) is 1.81. The van der Waals surface area contributed by atoms with Gasteiger partial charge in [-0.1, -0.05) is 47.5 Å². The lowest BCUT2D eigenvalue weighted by atomic mass is 10.3.